The molecule has 0 aliphatic rings. The van der Waals surface area contributed by atoms with Crippen LogP contribution in [0.15, 0.2) is 36.4 Å². The fourth-order valence-corrected chi connectivity index (χ4v) is 2.18. The molecule has 0 amide bonds. The molecular weight excluding hydrogens is 268 g/mol. The summed E-state index contributed by atoms with van der Waals surface area (Å²) in [6, 6.07) is 11.1. The van der Waals surface area contributed by atoms with E-state index in [4.69, 9.17) is 4.74 Å². The largest absolute Gasteiger partial charge is 0.490 e. The number of anilines is 1. The van der Waals surface area contributed by atoms with Crippen LogP contribution in [0.25, 0.3) is 0 Å². The van der Waals surface area contributed by atoms with E-state index in [2.05, 4.69) is 37.4 Å². The maximum absolute atomic E-state index is 10.9. The molecule has 0 saturated heterocycles. The molecule has 2 rings (SSSR count). The van der Waals surface area contributed by atoms with Gasteiger partial charge in [-0.2, -0.15) is 0 Å². The fraction of sp³-hybridized carbons (Fsp3) is 0.250. The Kier molecular flexibility index (Phi) is 4.42. The predicted molar refractivity (Wildman–Crippen MR) is 82.9 cm³/mol. The van der Waals surface area contributed by atoms with E-state index in [0.29, 0.717) is 6.54 Å². The van der Waals surface area contributed by atoms with Gasteiger partial charge in [0, 0.05) is 24.4 Å². The van der Waals surface area contributed by atoms with Crippen LogP contribution in [0.3, 0.4) is 0 Å². The van der Waals surface area contributed by atoms with Crippen molar-refractivity contribution in [2.24, 2.45) is 0 Å². The van der Waals surface area contributed by atoms with Crippen LogP contribution in [-0.4, -0.2) is 12.0 Å². The molecule has 0 unspecified atom stereocenters. The van der Waals surface area contributed by atoms with Gasteiger partial charge in [0.2, 0.25) is 0 Å². The van der Waals surface area contributed by atoms with Crippen molar-refractivity contribution >= 4 is 11.4 Å². The summed E-state index contributed by atoms with van der Waals surface area (Å²) < 4.78 is 5.06. The van der Waals surface area contributed by atoms with E-state index in [9.17, 15) is 10.1 Å². The Labute approximate surface area is 123 Å². The summed E-state index contributed by atoms with van der Waals surface area (Å²) in [7, 11) is 1.43. The molecule has 5 heteroatoms. The number of nitro groups is 1. The van der Waals surface area contributed by atoms with Crippen molar-refractivity contribution in [3.8, 4) is 5.75 Å². The van der Waals surface area contributed by atoms with Crippen molar-refractivity contribution in [1.29, 1.82) is 0 Å². The van der Waals surface area contributed by atoms with E-state index in [1.165, 1.54) is 29.9 Å². The number of ether oxygens (including phenoxy) is 1. The molecule has 0 heterocycles. The Bertz CT molecular complexity index is 669. The number of hydrogen-bond donors (Lipinski definition) is 1. The van der Waals surface area contributed by atoms with Crippen molar-refractivity contribution in [2.45, 2.75) is 20.4 Å². The van der Waals surface area contributed by atoms with Crippen LogP contribution in [0.1, 0.15) is 16.7 Å². The molecule has 0 spiro atoms. The summed E-state index contributed by atoms with van der Waals surface area (Å²) in [4.78, 5) is 10.4. The Morgan fingerprint density at radius 1 is 1.19 bits per heavy atom. The molecule has 2 aromatic carbocycles. The van der Waals surface area contributed by atoms with Crippen molar-refractivity contribution in [3.05, 3.63) is 63.2 Å². The summed E-state index contributed by atoms with van der Waals surface area (Å²) in [5, 5.41) is 14.1. The topological polar surface area (TPSA) is 64.4 Å². The molecule has 0 aliphatic heterocycles. The van der Waals surface area contributed by atoms with Crippen LogP contribution in [0.5, 0.6) is 5.75 Å². The Balaban J connectivity index is 2.15. The third kappa shape index (κ3) is 3.51. The monoisotopic (exact) mass is 286 g/mol. The van der Waals surface area contributed by atoms with E-state index >= 15 is 0 Å². The number of benzene rings is 2. The molecule has 5 nitrogen and oxygen atoms in total. The first-order chi connectivity index (χ1) is 10.0. The molecule has 2 aromatic rings. The lowest BCUT2D eigenvalue weighted by molar-refractivity contribution is -0.385. The first kappa shape index (κ1) is 14.8. The molecule has 0 fully saturated rings. The van der Waals surface area contributed by atoms with E-state index in [1.54, 1.807) is 12.1 Å². The molecule has 0 aromatic heterocycles. The van der Waals surface area contributed by atoms with Crippen molar-refractivity contribution in [2.75, 3.05) is 12.4 Å². The zero-order chi connectivity index (χ0) is 15.4. The number of rotatable bonds is 5. The van der Waals surface area contributed by atoms with E-state index in [1.807, 2.05) is 0 Å². The summed E-state index contributed by atoms with van der Waals surface area (Å²) in [6.07, 6.45) is 0. The highest BCUT2D eigenvalue weighted by atomic mass is 16.6. The van der Waals surface area contributed by atoms with Crippen LogP contribution in [-0.2, 0) is 6.54 Å². The van der Waals surface area contributed by atoms with Gasteiger partial charge in [-0.3, -0.25) is 10.1 Å². The van der Waals surface area contributed by atoms with Gasteiger partial charge in [-0.15, -0.1) is 0 Å². The molecule has 0 bridgehead atoms. The Morgan fingerprint density at radius 3 is 2.57 bits per heavy atom. The van der Waals surface area contributed by atoms with Gasteiger partial charge in [0.15, 0.2) is 5.75 Å². The molecule has 21 heavy (non-hydrogen) atoms. The van der Waals surface area contributed by atoms with Gasteiger partial charge in [-0.25, -0.2) is 0 Å². The van der Waals surface area contributed by atoms with Gasteiger partial charge in [0.05, 0.1) is 12.0 Å². The lowest BCUT2D eigenvalue weighted by Crippen LogP contribution is -2.02. The minimum absolute atomic E-state index is 0.0328. The number of nitrogens with one attached hydrogen (secondary N) is 1. The summed E-state index contributed by atoms with van der Waals surface area (Å²) in [5.74, 6) is 0.255. The zero-order valence-corrected chi connectivity index (χ0v) is 12.3. The number of hydrogen-bond acceptors (Lipinski definition) is 4. The number of methoxy groups -OCH3 is 1. The fourth-order valence-electron chi connectivity index (χ4n) is 2.18. The second-order valence-electron chi connectivity index (χ2n) is 4.93. The Morgan fingerprint density at radius 2 is 1.95 bits per heavy atom. The van der Waals surface area contributed by atoms with E-state index in [-0.39, 0.29) is 11.4 Å². The third-order valence-corrected chi connectivity index (χ3v) is 3.36. The molecule has 0 aliphatic carbocycles. The van der Waals surface area contributed by atoms with Gasteiger partial charge in [-0.1, -0.05) is 23.8 Å². The molecular formula is C16H18N2O3. The van der Waals surface area contributed by atoms with Gasteiger partial charge >= 0.3 is 5.69 Å². The summed E-state index contributed by atoms with van der Waals surface area (Å²) >= 11 is 0. The van der Waals surface area contributed by atoms with Gasteiger partial charge in [0.25, 0.3) is 0 Å². The molecule has 1 N–H and O–H groups in total. The lowest BCUT2D eigenvalue weighted by atomic mass is 10.1. The highest BCUT2D eigenvalue weighted by molar-refractivity contribution is 5.58. The second-order valence-corrected chi connectivity index (χ2v) is 4.93. The average Bonchev–Trinajstić information content (AvgIpc) is 2.45. The van der Waals surface area contributed by atoms with Crippen molar-refractivity contribution in [1.82, 2.24) is 0 Å². The molecule has 0 saturated carbocycles. The maximum Gasteiger partial charge on any atom is 0.311 e. The van der Waals surface area contributed by atoms with E-state index in [0.717, 1.165) is 5.69 Å². The predicted octanol–water partition coefficient (Wildman–Crippen LogP) is 3.83. The first-order valence-electron chi connectivity index (χ1n) is 6.63. The molecule has 110 valence electrons. The number of nitro benzene ring substituents is 1. The highest BCUT2D eigenvalue weighted by Gasteiger charge is 2.14. The third-order valence-electron chi connectivity index (χ3n) is 3.36. The van der Waals surface area contributed by atoms with Gasteiger partial charge in [-0.05, 0) is 31.0 Å². The zero-order valence-electron chi connectivity index (χ0n) is 12.3. The Hall–Kier alpha value is -2.56. The molecule has 0 radical (unpaired) electrons. The smallest absolute Gasteiger partial charge is 0.311 e. The van der Waals surface area contributed by atoms with Gasteiger partial charge < -0.3 is 10.1 Å². The number of nitrogens with zero attached hydrogens (tertiary/aromatic N) is 1. The number of aryl methyl sites for hydroxylation is 2. The van der Waals surface area contributed by atoms with Crippen LogP contribution in [0, 0.1) is 24.0 Å². The van der Waals surface area contributed by atoms with Crippen LogP contribution >= 0.6 is 0 Å². The van der Waals surface area contributed by atoms with Crippen molar-refractivity contribution in [3.63, 3.8) is 0 Å². The summed E-state index contributed by atoms with van der Waals surface area (Å²) in [5.41, 5.74) is 4.40. The van der Waals surface area contributed by atoms with Gasteiger partial charge in [0.1, 0.15) is 0 Å². The van der Waals surface area contributed by atoms with Crippen LogP contribution < -0.4 is 10.1 Å². The SMILES string of the molecule is COc1cc(NCc2ccc(C)cc2C)ccc1[N+](=O)[O-]. The highest BCUT2D eigenvalue weighted by Crippen LogP contribution is 2.29. The van der Waals surface area contributed by atoms with Crippen LogP contribution in [0.4, 0.5) is 11.4 Å². The summed E-state index contributed by atoms with van der Waals surface area (Å²) in [6.45, 7) is 4.79. The second kappa shape index (κ2) is 6.26. The maximum atomic E-state index is 10.9. The minimum atomic E-state index is -0.452. The first-order valence-corrected chi connectivity index (χ1v) is 6.63. The normalized spacial score (nSPS) is 10.2. The minimum Gasteiger partial charge on any atom is -0.490 e. The standard InChI is InChI=1S/C16H18N2O3/c1-11-4-5-13(12(2)8-11)10-17-14-6-7-15(18(19)20)16(9-14)21-3/h4-9,17H,10H2,1-3H3. The molecule has 0 atom stereocenters. The quantitative estimate of drug-likeness (QED) is 0.670. The van der Waals surface area contributed by atoms with Crippen molar-refractivity contribution < 1.29 is 9.66 Å². The average molecular weight is 286 g/mol. The lowest BCUT2D eigenvalue weighted by Gasteiger charge is -2.11. The van der Waals surface area contributed by atoms with E-state index < -0.39 is 4.92 Å². The van der Waals surface area contributed by atoms with Crippen LogP contribution in [0.2, 0.25) is 0 Å².